The summed E-state index contributed by atoms with van der Waals surface area (Å²) < 4.78 is 39.4. The minimum Gasteiger partial charge on any atom is -0.497 e. The number of amides is 2. The molecule has 46 heavy (non-hydrogen) atoms. The molecule has 1 fully saturated rings. The number of aliphatic hydroxyl groups excluding tert-OH is 1. The zero-order valence-corrected chi connectivity index (χ0v) is 27.3. The monoisotopic (exact) mass is 651 g/mol. The highest BCUT2D eigenvalue weighted by Gasteiger charge is 2.39. The van der Waals surface area contributed by atoms with Gasteiger partial charge in [0, 0.05) is 24.3 Å². The van der Waals surface area contributed by atoms with Crippen molar-refractivity contribution < 1.29 is 37.4 Å². The summed E-state index contributed by atoms with van der Waals surface area (Å²) in [5.41, 5.74) is 1.77. The van der Waals surface area contributed by atoms with Gasteiger partial charge in [0.05, 0.1) is 30.7 Å². The largest absolute Gasteiger partial charge is 0.497 e. The Bertz CT molecular complexity index is 1600. The minimum absolute atomic E-state index is 0.00390. The molecule has 246 valence electrons. The maximum Gasteiger partial charge on any atom is 0.415 e. The summed E-state index contributed by atoms with van der Waals surface area (Å²) in [6, 6.07) is 20.7. The van der Waals surface area contributed by atoms with Gasteiger partial charge in [-0.15, -0.1) is 0 Å². The molecule has 3 aromatic rings. The van der Waals surface area contributed by atoms with E-state index < -0.39 is 40.3 Å². The molecule has 11 nitrogen and oxygen atoms in total. The van der Waals surface area contributed by atoms with Crippen LogP contribution in [-0.4, -0.2) is 80.6 Å². The van der Waals surface area contributed by atoms with E-state index in [4.69, 9.17) is 9.47 Å². The number of ether oxygens (including phenoxy) is 2. The van der Waals surface area contributed by atoms with E-state index in [1.807, 2.05) is 44.2 Å². The van der Waals surface area contributed by atoms with Crippen LogP contribution in [0.4, 0.5) is 10.5 Å². The van der Waals surface area contributed by atoms with Gasteiger partial charge in [0.25, 0.3) is 5.91 Å². The van der Waals surface area contributed by atoms with Gasteiger partial charge in [-0.05, 0) is 73.4 Å². The van der Waals surface area contributed by atoms with Gasteiger partial charge in [-0.2, -0.15) is 4.31 Å². The van der Waals surface area contributed by atoms with Crippen molar-refractivity contribution in [2.75, 3.05) is 31.6 Å². The van der Waals surface area contributed by atoms with Crippen LogP contribution in [0.1, 0.15) is 43.1 Å². The van der Waals surface area contributed by atoms with Gasteiger partial charge in [0.2, 0.25) is 10.0 Å². The first-order valence-electron chi connectivity index (χ1n) is 15.2. The number of sulfonamides is 1. The van der Waals surface area contributed by atoms with Crippen LogP contribution in [-0.2, 0) is 26.0 Å². The van der Waals surface area contributed by atoms with Crippen molar-refractivity contribution in [1.29, 1.82) is 0 Å². The zero-order chi connectivity index (χ0) is 33.4. The van der Waals surface area contributed by atoms with Gasteiger partial charge in [0.1, 0.15) is 5.75 Å². The van der Waals surface area contributed by atoms with Crippen molar-refractivity contribution in [2.45, 2.75) is 56.8 Å². The molecular formula is C34H41N3O8S. The third-order valence-corrected chi connectivity index (χ3v) is 9.93. The molecule has 1 aliphatic rings. The van der Waals surface area contributed by atoms with Crippen LogP contribution >= 0.6 is 0 Å². The van der Waals surface area contributed by atoms with Gasteiger partial charge >= 0.3 is 6.09 Å². The fourth-order valence-corrected chi connectivity index (χ4v) is 6.67. The van der Waals surface area contributed by atoms with Crippen molar-refractivity contribution in [2.24, 2.45) is 5.92 Å². The fourth-order valence-electron chi connectivity index (χ4n) is 5.09. The SMILES string of the molecule is CC[C@H](C)CN(C[C@@H](O)[C@H](Cc1ccccc1)NC(=O)[C@@H]1CN(c2ccc(C(C)=O)cc2)C(=O)O1)S(=O)(=O)c1ccc(OC)cc1. The Morgan fingerprint density at radius 3 is 2.28 bits per heavy atom. The number of hydrogen-bond donors (Lipinski definition) is 2. The Morgan fingerprint density at radius 2 is 1.70 bits per heavy atom. The predicted molar refractivity (Wildman–Crippen MR) is 173 cm³/mol. The second kappa shape index (κ2) is 15.4. The highest BCUT2D eigenvalue weighted by Crippen LogP contribution is 2.24. The van der Waals surface area contributed by atoms with Crippen LogP contribution in [0.25, 0.3) is 0 Å². The lowest BCUT2D eigenvalue weighted by atomic mass is 10.0. The number of cyclic esters (lactones) is 1. The molecule has 2 N–H and O–H groups in total. The number of anilines is 1. The van der Waals surface area contributed by atoms with Crippen LogP contribution in [0.2, 0.25) is 0 Å². The molecule has 3 aromatic carbocycles. The number of Topliss-reactive ketones (excluding diaryl/α,β-unsaturated/α-hetero) is 1. The lowest BCUT2D eigenvalue weighted by Crippen LogP contribution is -2.53. The van der Waals surface area contributed by atoms with Crippen molar-refractivity contribution in [1.82, 2.24) is 9.62 Å². The lowest BCUT2D eigenvalue weighted by Gasteiger charge is -2.31. The lowest BCUT2D eigenvalue weighted by molar-refractivity contribution is -0.129. The van der Waals surface area contributed by atoms with E-state index in [2.05, 4.69) is 5.32 Å². The Kier molecular flexibility index (Phi) is 11.5. The summed E-state index contributed by atoms with van der Waals surface area (Å²) in [6.07, 6.45) is -2.29. The Labute approximate surface area is 270 Å². The molecule has 0 spiro atoms. The molecule has 0 radical (unpaired) electrons. The number of carbonyl (C=O) groups is 3. The van der Waals surface area contributed by atoms with E-state index in [0.717, 1.165) is 12.0 Å². The molecule has 2 amide bonds. The Balaban J connectivity index is 1.55. The summed E-state index contributed by atoms with van der Waals surface area (Å²) in [7, 11) is -2.53. The van der Waals surface area contributed by atoms with Crippen LogP contribution in [0, 0.1) is 5.92 Å². The Morgan fingerprint density at radius 1 is 1.04 bits per heavy atom. The van der Waals surface area contributed by atoms with Crippen LogP contribution in [0.15, 0.2) is 83.8 Å². The molecule has 1 heterocycles. The summed E-state index contributed by atoms with van der Waals surface area (Å²) in [6.45, 7) is 5.13. The van der Waals surface area contributed by atoms with Gasteiger partial charge in [0.15, 0.2) is 11.9 Å². The molecule has 0 saturated carbocycles. The number of nitrogens with one attached hydrogen (secondary N) is 1. The first-order chi connectivity index (χ1) is 21.9. The predicted octanol–water partition coefficient (Wildman–Crippen LogP) is 4.05. The molecule has 0 aliphatic carbocycles. The fraction of sp³-hybridized carbons (Fsp3) is 0.382. The van der Waals surface area contributed by atoms with Crippen molar-refractivity contribution in [3.8, 4) is 5.75 Å². The first kappa shape index (κ1) is 34.6. The number of ketones is 1. The third kappa shape index (κ3) is 8.51. The molecule has 1 aliphatic heterocycles. The molecule has 0 bridgehead atoms. The van der Waals surface area contributed by atoms with E-state index in [9.17, 15) is 27.9 Å². The molecule has 4 atom stereocenters. The minimum atomic E-state index is -4.02. The third-order valence-electron chi connectivity index (χ3n) is 8.08. The Hall–Kier alpha value is -4.26. The maximum absolute atomic E-state index is 13.8. The van der Waals surface area contributed by atoms with Gasteiger partial charge in [-0.3, -0.25) is 14.5 Å². The number of rotatable bonds is 15. The summed E-state index contributed by atoms with van der Waals surface area (Å²) >= 11 is 0. The second-order valence-electron chi connectivity index (χ2n) is 11.5. The average Bonchev–Trinajstić information content (AvgIpc) is 3.45. The molecule has 1 saturated heterocycles. The highest BCUT2D eigenvalue weighted by atomic mass is 32.2. The number of hydrogen-bond acceptors (Lipinski definition) is 8. The van der Waals surface area contributed by atoms with E-state index in [1.165, 1.54) is 35.4 Å². The summed E-state index contributed by atoms with van der Waals surface area (Å²) in [5, 5.41) is 14.4. The molecular weight excluding hydrogens is 610 g/mol. The van der Waals surface area contributed by atoms with E-state index in [1.54, 1.807) is 36.4 Å². The summed E-state index contributed by atoms with van der Waals surface area (Å²) in [4.78, 5) is 39.2. The maximum atomic E-state index is 13.8. The normalized spacial score (nSPS) is 16.9. The van der Waals surface area contributed by atoms with Gasteiger partial charge < -0.3 is 19.9 Å². The molecule has 12 heteroatoms. The molecule has 0 unspecified atom stereocenters. The smallest absolute Gasteiger partial charge is 0.415 e. The molecule has 4 rings (SSSR count). The number of methoxy groups -OCH3 is 1. The standard InChI is InChI=1S/C34H41N3O8S/c1-5-23(2)20-36(46(42,43)29-17-15-28(44-4)16-18-29)21-31(39)30(19-25-9-7-6-8-10-25)35-33(40)32-22-37(34(41)45-32)27-13-11-26(12-14-27)24(3)38/h6-18,23,30-32,39H,5,19-22H2,1-4H3,(H,35,40)/t23-,30-,31+,32-/m0/s1. The number of aliphatic hydroxyl groups is 1. The van der Waals surface area contributed by atoms with Gasteiger partial charge in [-0.25, -0.2) is 13.2 Å². The van der Waals surface area contributed by atoms with Crippen molar-refractivity contribution in [3.63, 3.8) is 0 Å². The highest BCUT2D eigenvalue weighted by molar-refractivity contribution is 7.89. The van der Waals surface area contributed by atoms with Crippen LogP contribution < -0.4 is 15.0 Å². The van der Waals surface area contributed by atoms with Crippen molar-refractivity contribution >= 4 is 33.5 Å². The first-order valence-corrected chi connectivity index (χ1v) is 16.6. The quantitative estimate of drug-likeness (QED) is 0.235. The topological polar surface area (TPSA) is 143 Å². The zero-order valence-electron chi connectivity index (χ0n) is 26.5. The number of benzene rings is 3. The number of carbonyl (C=O) groups excluding carboxylic acids is 3. The molecule has 0 aromatic heterocycles. The summed E-state index contributed by atoms with van der Waals surface area (Å²) in [5.74, 6) is -0.230. The van der Waals surface area contributed by atoms with Crippen LogP contribution in [0.5, 0.6) is 5.75 Å². The number of nitrogens with zero attached hydrogens (tertiary/aromatic N) is 2. The van der Waals surface area contributed by atoms with E-state index in [-0.39, 0.29) is 42.7 Å². The van der Waals surface area contributed by atoms with Crippen molar-refractivity contribution in [3.05, 3.63) is 90.0 Å². The van der Waals surface area contributed by atoms with Crippen LogP contribution in [0.3, 0.4) is 0 Å². The van der Waals surface area contributed by atoms with Gasteiger partial charge in [-0.1, -0.05) is 50.6 Å². The second-order valence-corrected chi connectivity index (χ2v) is 13.4. The van der Waals surface area contributed by atoms with E-state index in [0.29, 0.717) is 17.0 Å². The van der Waals surface area contributed by atoms with E-state index >= 15 is 0 Å². The average molecular weight is 652 g/mol.